The van der Waals surface area contributed by atoms with Gasteiger partial charge in [-0.2, -0.15) is 0 Å². The van der Waals surface area contributed by atoms with E-state index in [1.165, 1.54) is 0 Å². The summed E-state index contributed by atoms with van der Waals surface area (Å²) in [6, 6.07) is 6.84. The molecule has 2 heteroatoms. The fraction of sp³-hybridized carbons (Fsp3) is 0.0833. The highest BCUT2D eigenvalue weighted by Gasteiger charge is 2.09. The van der Waals surface area contributed by atoms with Crippen molar-refractivity contribution in [2.24, 2.45) is 0 Å². The number of aromatic hydroxyl groups is 1. The van der Waals surface area contributed by atoms with Crippen LogP contribution in [0.2, 0.25) is 0 Å². The first-order valence-corrected chi connectivity index (χ1v) is 4.49. The third-order valence-electron chi connectivity index (χ3n) is 2.24. The Morgan fingerprint density at radius 3 is 2.36 bits per heavy atom. The molecule has 0 atom stereocenters. The second kappa shape index (κ2) is 3.58. The molecule has 0 saturated carbocycles. The normalized spacial score (nSPS) is 16.0. The SMILES string of the molecule is OC1=C(c2ccc(O)cc2)C[CH]C=C1. The minimum Gasteiger partial charge on any atom is -0.508 e. The number of aliphatic hydroxyl groups excluding tert-OH is 1. The van der Waals surface area contributed by atoms with Crippen LogP contribution in [-0.2, 0) is 0 Å². The van der Waals surface area contributed by atoms with Crippen LogP contribution in [0.5, 0.6) is 5.75 Å². The fourth-order valence-electron chi connectivity index (χ4n) is 1.48. The number of phenolic OH excluding ortho intramolecular Hbond substituents is 1. The molecule has 2 rings (SSSR count). The van der Waals surface area contributed by atoms with Crippen molar-refractivity contribution >= 4 is 5.57 Å². The van der Waals surface area contributed by atoms with E-state index in [2.05, 4.69) is 0 Å². The van der Waals surface area contributed by atoms with Crippen LogP contribution < -0.4 is 0 Å². The number of hydrogen-bond donors (Lipinski definition) is 2. The summed E-state index contributed by atoms with van der Waals surface area (Å²) >= 11 is 0. The van der Waals surface area contributed by atoms with Crippen molar-refractivity contribution in [2.75, 3.05) is 0 Å². The zero-order valence-corrected chi connectivity index (χ0v) is 7.64. The molecular weight excluding hydrogens is 176 g/mol. The topological polar surface area (TPSA) is 40.5 Å². The molecule has 1 aliphatic carbocycles. The van der Waals surface area contributed by atoms with Gasteiger partial charge in [0.15, 0.2) is 0 Å². The van der Waals surface area contributed by atoms with Crippen molar-refractivity contribution in [1.29, 1.82) is 0 Å². The van der Waals surface area contributed by atoms with Crippen LogP contribution in [0.15, 0.2) is 42.2 Å². The maximum absolute atomic E-state index is 9.60. The van der Waals surface area contributed by atoms with Gasteiger partial charge in [-0.15, -0.1) is 0 Å². The van der Waals surface area contributed by atoms with Gasteiger partial charge in [-0.25, -0.2) is 0 Å². The van der Waals surface area contributed by atoms with E-state index in [9.17, 15) is 5.11 Å². The van der Waals surface area contributed by atoms with Gasteiger partial charge in [0.2, 0.25) is 0 Å². The lowest BCUT2D eigenvalue weighted by molar-refractivity contribution is 0.432. The number of aliphatic hydroxyl groups is 1. The van der Waals surface area contributed by atoms with Gasteiger partial charge < -0.3 is 10.2 Å². The molecule has 1 aliphatic rings. The summed E-state index contributed by atoms with van der Waals surface area (Å²) in [4.78, 5) is 0. The van der Waals surface area contributed by atoms with Crippen LogP contribution in [0.3, 0.4) is 0 Å². The molecule has 0 aromatic heterocycles. The van der Waals surface area contributed by atoms with Crippen LogP contribution in [0.4, 0.5) is 0 Å². The van der Waals surface area contributed by atoms with E-state index in [1.807, 2.05) is 12.5 Å². The summed E-state index contributed by atoms with van der Waals surface area (Å²) in [5.41, 5.74) is 1.84. The number of rotatable bonds is 1. The Morgan fingerprint density at radius 1 is 1.00 bits per heavy atom. The summed E-state index contributed by atoms with van der Waals surface area (Å²) < 4.78 is 0. The molecule has 0 fully saturated rings. The Balaban J connectivity index is 2.39. The second-order valence-corrected chi connectivity index (χ2v) is 3.21. The molecule has 0 aliphatic heterocycles. The predicted molar refractivity (Wildman–Crippen MR) is 55.7 cm³/mol. The molecular formula is C12H11O2. The summed E-state index contributed by atoms with van der Waals surface area (Å²) in [7, 11) is 0. The third-order valence-corrected chi connectivity index (χ3v) is 2.24. The molecule has 1 radical (unpaired) electrons. The van der Waals surface area contributed by atoms with E-state index in [0.717, 1.165) is 17.6 Å². The molecule has 1 aromatic carbocycles. The van der Waals surface area contributed by atoms with E-state index < -0.39 is 0 Å². The first kappa shape index (κ1) is 8.88. The zero-order chi connectivity index (χ0) is 9.97. The van der Waals surface area contributed by atoms with Gasteiger partial charge in [-0.05, 0) is 36.6 Å². The number of allylic oxidation sites excluding steroid dienone is 3. The molecule has 0 unspecified atom stereocenters. The molecule has 71 valence electrons. The van der Waals surface area contributed by atoms with Crippen molar-refractivity contribution < 1.29 is 10.2 Å². The average molecular weight is 187 g/mol. The van der Waals surface area contributed by atoms with Crippen molar-refractivity contribution in [1.82, 2.24) is 0 Å². The summed E-state index contributed by atoms with van der Waals surface area (Å²) in [5.74, 6) is 0.544. The molecule has 0 amide bonds. The van der Waals surface area contributed by atoms with Gasteiger partial charge in [-0.1, -0.05) is 18.2 Å². The smallest absolute Gasteiger partial charge is 0.119 e. The molecule has 2 nitrogen and oxygen atoms in total. The van der Waals surface area contributed by atoms with Gasteiger partial charge in [0, 0.05) is 5.57 Å². The van der Waals surface area contributed by atoms with E-state index in [-0.39, 0.29) is 5.75 Å². The fourth-order valence-corrected chi connectivity index (χ4v) is 1.48. The van der Waals surface area contributed by atoms with Gasteiger partial charge in [0.1, 0.15) is 11.5 Å². The highest BCUT2D eigenvalue weighted by molar-refractivity contribution is 5.72. The van der Waals surface area contributed by atoms with Gasteiger partial charge in [0.05, 0.1) is 0 Å². The Morgan fingerprint density at radius 2 is 1.71 bits per heavy atom. The third kappa shape index (κ3) is 1.64. The number of hydrogen-bond acceptors (Lipinski definition) is 2. The van der Waals surface area contributed by atoms with Crippen LogP contribution >= 0.6 is 0 Å². The predicted octanol–water partition coefficient (Wildman–Crippen LogP) is 2.83. The number of phenols is 1. The molecule has 0 heterocycles. The maximum atomic E-state index is 9.60. The zero-order valence-electron chi connectivity index (χ0n) is 7.64. The number of benzene rings is 1. The minimum atomic E-state index is 0.240. The van der Waals surface area contributed by atoms with Crippen molar-refractivity contribution in [3.8, 4) is 5.75 Å². The second-order valence-electron chi connectivity index (χ2n) is 3.21. The van der Waals surface area contributed by atoms with Crippen LogP contribution in [0, 0.1) is 6.42 Å². The molecule has 0 spiro atoms. The summed E-state index contributed by atoms with van der Waals surface area (Å²) in [6.07, 6.45) is 6.22. The van der Waals surface area contributed by atoms with Crippen molar-refractivity contribution in [3.05, 3.63) is 54.2 Å². The van der Waals surface area contributed by atoms with E-state index >= 15 is 0 Å². The first-order valence-electron chi connectivity index (χ1n) is 4.49. The lowest BCUT2D eigenvalue weighted by Crippen LogP contribution is -1.94. The standard InChI is InChI=1S/C12H11O2/c13-10-7-5-9(6-8-10)11-3-1-2-4-12(11)14/h1-2,4-8,13-14H,3H2. The van der Waals surface area contributed by atoms with E-state index in [0.29, 0.717) is 5.76 Å². The minimum absolute atomic E-state index is 0.240. The van der Waals surface area contributed by atoms with Gasteiger partial charge >= 0.3 is 0 Å². The van der Waals surface area contributed by atoms with Gasteiger partial charge in [0.25, 0.3) is 0 Å². The summed E-state index contributed by atoms with van der Waals surface area (Å²) in [5, 5.41) is 18.7. The quantitative estimate of drug-likeness (QED) is 0.709. The van der Waals surface area contributed by atoms with Crippen LogP contribution in [0.1, 0.15) is 12.0 Å². The van der Waals surface area contributed by atoms with E-state index in [4.69, 9.17) is 5.11 Å². The summed E-state index contributed by atoms with van der Waals surface area (Å²) in [6.45, 7) is 0. The molecule has 2 N–H and O–H groups in total. The Kier molecular flexibility index (Phi) is 2.27. The van der Waals surface area contributed by atoms with E-state index in [1.54, 1.807) is 30.3 Å². The Hall–Kier alpha value is -1.70. The molecule has 14 heavy (non-hydrogen) atoms. The highest BCUT2D eigenvalue weighted by atomic mass is 16.3. The lowest BCUT2D eigenvalue weighted by atomic mass is 9.96. The maximum Gasteiger partial charge on any atom is 0.119 e. The van der Waals surface area contributed by atoms with Crippen LogP contribution in [0.25, 0.3) is 5.57 Å². The monoisotopic (exact) mass is 187 g/mol. The first-order chi connectivity index (χ1) is 6.77. The molecule has 1 aromatic rings. The molecule has 0 saturated heterocycles. The van der Waals surface area contributed by atoms with Gasteiger partial charge in [-0.3, -0.25) is 0 Å². The van der Waals surface area contributed by atoms with Crippen molar-refractivity contribution in [2.45, 2.75) is 6.42 Å². The molecule has 0 bridgehead atoms. The highest BCUT2D eigenvalue weighted by Crippen LogP contribution is 2.27. The Labute approximate surface area is 82.8 Å². The average Bonchev–Trinajstić information content (AvgIpc) is 2.20. The largest absolute Gasteiger partial charge is 0.508 e. The van der Waals surface area contributed by atoms with Crippen molar-refractivity contribution in [3.63, 3.8) is 0 Å². The lowest BCUT2D eigenvalue weighted by Gasteiger charge is -2.11. The Bertz CT molecular complexity index is 385. The van der Waals surface area contributed by atoms with Crippen LogP contribution in [-0.4, -0.2) is 10.2 Å².